The third-order valence-electron chi connectivity index (χ3n) is 3.55. The molecule has 0 radical (unpaired) electrons. The van der Waals surface area contributed by atoms with E-state index >= 15 is 0 Å². The molecule has 1 saturated heterocycles. The summed E-state index contributed by atoms with van der Waals surface area (Å²) >= 11 is 0. The number of carbonyl (C=O) groups excluding carboxylic acids is 1. The second kappa shape index (κ2) is 6.02. The molecular formula is C14H18FNO3. The van der Waals surface area contributed by atoms with Crippen LogP contribution in [0.2, 0.25) is 0 Å². The molecule has 0 aliphatic carbocycles. The van der Waals surface area contributed by atoms with Crippen LogP contribution in [0.15, 0.2) is 18.2 Å². The number of hydrogen-bond acceptors (Lipinski definition) is 3. The van der Waals surface area contributed by atoms with Crippen LogP contribution in [-0.2, 0) is 0 Å². The Labute approximate surface area is 111 Å². The van der Waals surface area contributed by atoms with Crippen molar-refractivity contribution in [2.75, 3.05) is 13.2 Å². The summed E-state index contributed by atoms with van der Waals surface area (Å²) in [5.74, 6) is -1.63. The summed E-state index contributed by atoms with van der Waals surface area (Å²) in [6.45, 7) is 0.346. The van der Waals surface area contributed by atoms with Gasteiger partial charge in [-0.3, -0.25) is 4.79 Å². The first-order chi connectivity index (χ1) is 9.15. The summed E-state index contributed by atoms with van der Waals surface area (Å²) in [6, 6.07) is 3.50. The van der Waals surface area contributed by atoms with Gasteiger partial charge in [-0.15, -0.1) is 0 Å². The van der Waals surface area contributed by atoms with E-state index in [4.69, 9.17) is 0 Å². The predicted molar refractivity (Wildman–Crippen MR) is 68.4 cm³/mol. The van der Waals surface area contributed by atoms with E-state index in [1.54, 1.807) is 0 Å². The number of aliphatic hydroxyl groups is 1. The Morgan fingerprint density at radius 1 is 1.37 bits per heavy atom. The van der Waals surface area contributed by atoms with Crippen LogP contribution in [0.5, 0.6) is 5.75 Å². The Morgan fingerprint density at radius 2 is 2.16 bits per heavy atom. The molecule has 1 atom stereocenters. The van der Waals surface area contributed by atoms with E-state index in [1.165, 1.54) is 17.0 Å². The van der Waals surface area contributed by atoms with Crippen molar-refractivity contribution in [3.05, 3.63) is 29.6 Å². The summed E-state index contributed by atoms with van der Waals surface area (Å²) in [6.07, 6.45) is 3.47. The largest absolute Gasteiger partial charge is 0.507 e. The minimum absolute atomic E-state index is 0.138. The van der Waals surface area contributed by atoms with Crippen molar-refractivity contribution in [1.82, 2.24) is 4.90 Å². The normalized spacial score (nSPS) is 20.1. The van der Waals surface area contributed by atoms with E-state index in [9.17, 15) is 19.4 Å². The van der Waals surface area contributed by atoms with Crippen molar-refractivity contribution in [1.29, 1.82) is 0 Å². The van der Waals surface area contributed by atoms with E-state index in [1.807, 2.05) is 0 Å². The molecule has 1 amide bonds. The number of phenols is 1. The zero-order valence-electron chi connectivity index (χ0n) is 10.7. The number of benzene rings is 1. The highest BCUT2D eigenvalue weighted by atomic mass is 19.1. The second-order valence-electron chi connectivity index (χ2n) is 4.82. The molecule has 19 heavy (non-hydrogen) atoms. The highest BCUT2D eigenvalue weighted by Crippen LogP contribution is 2.25. The topological polar surface area (TPSA) is 60.8 Å². The molecule has 1 heterocycles. The summed E-state index contributed by atoms with van der Waals surface area (Å²) in [7, 11) is 0. The molecule has 5 heteroatoms. The van der Waals surface area contributed by atoms with Gasteiger partial charge >= 0.3 is 0 Å². The third kappa shape index (κ3) is 2.87. The van der Waals surface area contributed by atoms with Crippen LogP contribution in [0.3, 0.4) is 0 Å². The van der Waals surface area contributed by atoms with Crippen LogP contribution in [0, 0.1) is 5.82 Å². The van der Waals surface area contributed by atoms with Crippen LogP contribution >= 0.6 is 0 Å². The Kier molecular flexibility index (Phi) is 4.37. The Morgan fingerprint density at radius 3 is 2.84 bits per heavy atom. The molecule has 1 aliphatic rings. The summed E-state index contributed by atoms with van der Waals surface area (Å²) in [5, 5.41) is 19.0. The van der Waals surface area contributed by atoms with Crippen molar-refractivity contribution >= 4 is 5.91 Å². The van der Waals surface area contributed by atoms with Gasteiger partial charge in [-0.05, 0) is 25.0 Å². The molecule has 0 spiro atoms. The van der Waals surface area contributed by atoms with Gasteiger partial charge in [0.2, 0.25) is 0 Å². The first-order valence-corrected chi connectivity index (χ1v) is 6.54. The number of hydrogen-bond donors (Lipinski definition) is 2. The van der Waals surface area contributed by atoms with Gasteiger partial charge in [0.05, 0.1) is 12.6 Å². The Hall–Kier alpha value is -1.62. The number of likely N-dealkylation sites (tertiary alicyclic amines) is 1. The maximum Gasteiger partial charge on any atom is 0.260 e. The first kappa shape index (κ1) is 13.8. The molecule has 1 aromatic rings. The second-order valence-corrected chi connectivity index (χ2v) is 4.82. The molecule has 0 saturated carbocycles. The van der Waals surface area contributed by atoms with Crippen molar-refractivity contribution in [2.45, 2.75) is 31.7 Å². The van der Waals surface area contributed by atoms with Gasteiger partial charge in [0.1, 0.15) is 17.1 Å². The Bertz CT molecular complexity index is 444. The van der Waals surface area contributed by atoms with Crippen molar-refractivity contribution < 1.29 is 19.4 Å². The average molecular weight is 267 g/mol. The molecule has 1 fully saturated rings. The van der Waals surface area contributed by atoms with E-state index < -0.39 is 11.7 Å². The number of aromatic hydroxyl groups is 1. The smallest absolute Gasteiger partial charge is 0.260 e. The van der Waals surface area contributed by atoms with E-state index in [0.717, 1.165) is 25.3 Å². The molecule has 2 rings (SSSR count). The number of carbonyl (C=O) groups is 1. The fourth-order valence-corrected chi connectivity index (χ4v) is 2.50. The fourth-order valence-electron chi connectivity index (χ4n) is 2.50. The highest BCUT2D eigenvalue weighted by Gasteiger charge is 2.29. The van der Waals surface area contributed by atoms with E-state index in [2.05, 4.69) is 0 Å². The maximum atomic E-state index is 13.7. The number of phenolic OH excluding ortho intramolecular Hbond substituents is 1. The number of amides is 1. The van der Waals surface area contributed by atoms with Crippen LogP contribution in [0.4, 0.5) is 4.39 Å². The summed E-state index contributed by atoms with van der Waals surface area (Å²) < 4.78 is 13.7. The monoisotopic (exact) mass is 267 g/mol. The molecule has 1 aliphatic heterocycles. The zero-order valence-corrected chi connectivity index (χ0v) is 10.7. The quantitative estimate of drug-likeness (QED) is 0.860. The molecule has 104 valence electrons. The molecule has 1 unspecified atom stereocenters. The highest BCUT2D eigenvalue weighted by molar-refractivity contribution is 5.97. The molecule has 0 aromatic heterocycles. The lowest BCUT2D eigenvalue weighted by molar-refractivity contribution is 0.0592. The van der Waals surface area contributed by atoms with Crippen molar-refractivity contribution in [3.8, 4) is 5.75 Å². The lowest BCUT2D eigenvalue weighted by Crippen LogP contribution is -2.42. The predicted octanol–water partition coefficient (Wildman–Crippen LogP) is 1.91. The molecule has 1 aromatic carbocycles. The lowest BCUT2D eigenvalue weighted by atomic mass is 10.1. The van der Waals surface area contributed by atoms with E-state index in [-0.39, 0.29) is 24.0 Å². The van der Waals surface area contributed by atoms with E-state index in [0.29, 0.717) is 13.0 Å². The van der Waals surface area contributed by atoms with Gasteiger partial charge in [0.15, 0.2) is 0 Å². The minimum atomic E-state index is -0.731. The standard InChI is InChI=1S/C14H18FNO3/c15-11-6-4-7-12(18)13(11)14(19)16-8-3-1-2-5-10(16)9-17/h4,6-7,10,17-18H,1-3,5,8-9H2. The van der Waals surface area contributed by atoms with Gasteiger partial charge < -0.3 is 15.1 Å². The van der Waals surface area contributed by atoms with Crippen LogP contribution in [0.25, 0.3) is 0 Å². The SMILES string of the molecule is O=C(c1c(O)cccc1F)N1CCCCCC1CO. The van der Waals surface area contributed by atoms with Gasteiger partial charge in [0.25, 0.3) is 5.91 Å². The fraction of sp³-hybridized carbons (Fsp3) is 0.500. The average Bonchev–Trinajstić information content (AvgIpc) is 2.63. The maximum absolute atomic E-state index is 13.7. The number of nitrogens with zero attached hydrogens (tertiary/aromatic N) is 1. The van der Waals surface area contributed by atoms with Gasteiger partial charge in [-0.2, -0.15) is 0 Å². The molecular weight excluding hydrogens is 249 g/mol. The molecule has 2 N–H and O–H groups in total. The van der Waals surface area contributed by atoms with Crippen molar-refractivity contribution in [3.63, 3.8) is 0 Å². The Balaban J connectivity index is 2.30. The third-order valence-corrected chi connectivity index (χ3v) is 3.55. The summed E-state index contributed by atoms with van der Waals surface area (Å²) in [5.41, 5.74) is -0.303. The van der Waals surface area contributed by atoms with Gasteiger partial charge in [-0.25, -0.2) is 4.39 Å². The minimum Gasteiger partial charge on any atom is -0.507 e. The van der Waals surface area contributed by atoms with Gasteiger partial charge in [-0.1, -0.05) is 18.9 Å². The number of rotatable bonds is 2. The molecule has 0 bridgehead atoms. The van der Waals surface area contributed by atoms with Crippen LogP contribution < -0.4 is 0 Å². The summed E-state index contributed by atoms with van der Waals surface area (Å²) in [4.78, 5) is 13.9. The zero-order chi connectivity index (χ0) is 13.8. The number of halogens is 1. The van der Waals surface area contributed by atoms with Gasteiger partial charge in [0, 0.05) is 6.54 Å². The van der Waals surface area contributed by atoms with Crippen LogP contribution in [-0.4, -0.2) is 40.2 Å². The number of aliphatic hydroxyl groups excluding tert-OH is 1. The van der Waals surface area contributed by atoms with Crippen molar-refractivity contribution in [2.24, 2.45) is 0 Å². The first-order valence-electron chi connectivity index (χ1n) is 6.54. The molecule has 4 nitrogen and oxygen atoms in total. The van der Waals surface area contributed by atoms with Crippen LogP contribution in [0.1, 0.15) is 36.0 Å². The lowest BCUT2D eigenvalue weighted by Gasteiger charge is -2.29.